The first-order valence-corrected chi connectivity index (χ1v) is 10.3. The molecule has 0 spiro atoms. The summed E-state index contributed by atoms with van der Waals surface area (Å²) in [7, 11) is 0. The van der Waals surface area contributed by atoms with Gasteiger partial charge < -0.3 is 20.9 Å². The van der Waals surface area contributed by atoms with Crippen LogP contribution in [0.25, 0.3) is 0 Å². The van der Waals surface area contributed by atoms with Crippen LogP contribution in [0.4, 0.5) is 61.5 Å². The second kappa shape index (κ2) is 7.28. The lowest BCUT2D eigenvalue weighted by molar-refractivity contribution is -0.629. The highest BCUT2D eigenvalue weighted by Crippen LogP contribution is 2.88. The molecule has 212 valence electrons. The molecule has 0 aromatic carbocycles. The monoisotopic (exact) mass is 562 g/mol. The Bertz CT molecular complexity index is 810. The molecule has 2 atom stereocenters. The van der Waals surface area contributed by atoms with E-state index in [-0.39, 0.29) is 0 Å². The lowest BCUT2D eigenvalue weighted by Crippen LogP contribution is -3.11. The number of alkyl halides is 14. The van der Waals surface area contributed by atoms with E-state index in [0.29, 0.717) is 0 Å². The molecule has 0 aliphatic heterocycles. The van der Waals surface area contributed by atoms with Crippen LogP contribution in [0, 0.1) is 0 Å². The number of nitrogens with two attached hydrogens (primary N) is 2. The fourth-order valence-electron chi connectivity index (χ4n) is 5.07. The van der Waals surface area contributed by atoms with Crippen LogP contribution < -0.4 is 11.5 Å². The van der Waals surface area contributed by atoms with Gasteiger partial charge in [0.2, 0.25) is 0 Å². The number of hydrogen-bond donors (Lipinski definition) is 2. The van der Waals surface area contributed by atoms with E-state index >= 15 is 52.7 Å². The average molecular weight is 562 g/mol. The van der Waals surface area contributed by atoms with Crippen LogP contribution in [0.15, 0.2) is 0 Å². The number of ether oxygens (including phenoxy) is 2. The molecule has 4 aliphatic rings. The molecule has 4 saturated carbocycles. The summed E-state index contributed by atoms with van der Waals surface area (Å²) in [4.78, 5) is 0. The van der Waals surface area contributed by atoms with Gasteiger partial charge in [0.05, 0.1) is 13.2 Å². The van der Waals surface area contributed by atoms with Crippen LogP contribution in [0.2, 0.25) is 0 Å². The summed E-state index contributed by atoms with van der Waals surface area (Å²) in [5.41, 5.74) is -17.8. The maximum atomic E-state index is 15.7. The van der Waals surface area contributed by atoms with Crippen molar-refractivity contribution in [3.05, 3.63) is 0 Å². The van der Waals surface area contributed by atoms with Crippen LogP contribution >= 0.6 is 0 Å². The molecule has 0 amide bonds. The molecule has 0 aromatic heterocycles. The predicted octanol–water partition coefficient (Wildman–Crippen LogP) is 4.24. The van der Waals surface area contributed by atoms with Crippen LogP contribution in [-0.2, 0) is 9.47 Å². The van der Waals surface area contributed by atoms with Crippen molar-refractivity contribution in [1.29, 1.82) is 0 Å². The smallest absolute Gasteiger partial charge is 0.339 e. The summed E-state index contributed by atoms with van der Waals surface area (Å²) in [6, 6.07) is -3.59. The van der Waals surface area contributed by atoms with E-state index in [1.807, 2.05) is 0 Å². The molecular formula is C18H20F14N2O2. The number of rotatable bonds is 8. The molecule has 4 rings (SSSR count). The Kier molecular flexibility index (Phi) is 5.95. The van der Waals surface area contributed by atoms with Gasteiger partial charge in [-0.1, -0.05) is 13.8 Å². The van der Waals surface area contributed by atoms with Gasteiger partial charge in [-0.25, -0.2) is 8.78 Å². The van der Waals surface area contributed by atoms with Crippen molar-refractivity contribution in [1.82, 2.24) is 0 Å². The Labute approximate surface area is 193 Å². The van der Waals surface area contributed by atoms with Crippen molar-refractivity contribution >= 4 is 0 Å². The standard InChI is InChI=1S/C18H20F14N2O2/c1-3-7(33)5-35-11-14(23,24)9(19)13(21,22)10(20,15(11,25)26)17(29,30)12(16(9,27)28,18(11,31)32)36-6-8(34)4-2/h7-8H,3-6,33-34H2,1-2H3. The van der Waals surface area contributed by atoms with Gasteiger partial charge in [-0.2, -0.15) is 52.7 Å². The van der Waals surface area contributed by atoms with Crippen LogP contribution in [0.1, 0.15) is 26.7 Å². The van der Waals surface area contributed by atoms with Crippen molar-refractivity contribution in [2.24, 2.45) is 11.5 Å². The van der Waals surface area contributed by atoms with E-state index in [1.54, 1.807) is 0 Å². The minimum absolute atomic E-state index is 0.462. The molecule has 4 fully saturated rings. The van der Waals surface area contributed by atoms with Gasteiger partial charge in [0, 0.05) is 12.1 Å². The first kappa shape index (κ1) is 29.4. The van der Waals surface area contributed by atoms with Crippen molar-refractivity contribution in [3.63, 3.8) is 0 Å². The molecule has 2 unspecified atom stereocenters. The normalized spacial score (nSPS) is 43.8. The second-order valence-electron chi connectivity index (χ2n) is 9.08. The van der Waals surface area contributed by atoms with Gasteiger partial charge in [0.1, 0.15) is 0 Å². The number of halogens is 14. The van der Waals surface area contributed by atoms with Crippen molar-refractivity contribution in [2.45, 2.75) is 96.8 Å². The summed E-state index contributed by atoms with van der Waals surface area (Å²) in [6.45, 7) is -1.72. The Morgan fingerprint density at radius 1 is 0.472 bits per heavy atom. The van der Waals surface area contributed by atoms with E-state index < -0.39 is 96.2 Å². The summed E-state index contributed by atoms with van der Waals surface area (Å²) >= 11 is 0. The molecule has 0 radical (unpaired) electrons. The first-order chi connectivity index (χ1) is 15.9. The van der Waals surface area contributed by atoms with E-state index in [2.05, 4.69) is 9.47 Å². The molecule has 4 nitrogen and oxygen atoms in total. The van der Waals surface area contributed by atoms with Gasteiger partial charge in [-0.15, -0.1) is 0 Å². The maximum absolute atomic E-state index is 15.7. The minimum atomic E-state index is -7.68. The zero-order valence-corrected chi connectivity index (χ0v) is 18.2. The first-order valence-electron chi connectivity index (χ1n) is 10.3. The highest BCUT2D eigenvalue weighted by molar-refractivity contribution is 5.54. The van der Waals surface area contributed by atoms with Crippen molar-refractivity contribution in [2.75, 3.05) is 13.2 Å². The van der Waals surface area contributed by atoms with Crippen molar-refractivity contribution < 1.29 is 70.9 Å². The van der Waals surface area contributed by atoms with Gasteiger partial charge >= 0.3 is 46.9 Å². The van der Waals surface area contributed by atoms with E-state index in [4.69, 9.17) is 11.5 Å². The van der Waals surface area contributed by atoms with Gasteiger partial charge in [0.15, 0.2) is 0 Å². The zero-order valence-electron chi connectivity index (χ0n) is 18.2. The Hall–Kier alpha value is -1.14. The molecule has 4 N–H and O–H groups in total. The van der Waals surface area contributed by atoms with Gasteiger partial charge in [-0.05, 0) is 12.8 Å². The Balaban J connectivity index is 2.57. The third-order valence-electron chi connectivity index (χ3n) is 7.33. The Morgan fingerprint density at radius 3 is 0.944 bits per heavy atom. The molecule has 4 bridgehead atoms. The van der Waals surface area contributed by atoms with E-state index in [1.165, 1.54) is 0 Å². The van der Waals surface area contributed by atoms with Gasteiger partial charge in [-0.3, -0.25) is 0 Å². The van der Waals surface area contributed by atoms with Crippen LogP contribution in [0.5, 0.6) is 0 Å². The molecule has 0 saturated heterocycles. The fourth-order valence-corrected chi connectivity index (χ4v) is 5.07. The van der Waals surface area contributed by atoms with E-state index in [9.17, 15) is 8.78 Å². The summed E-state index contributed by atoms with van der Waals surface area (Å²) in [5.74, 6) is -44.5. The third kappa shape index (κ3) is 2.21. The fraction of sp³-hybridized carbons (Fsp3) is 1.00. The van der Waals surface area contributed by atoms with Crippen LogP contribution in [-0.4, -0.2) is 83.4 Å². The quantitative estimate of drug-likeness (QED) is 0.435. The highest BCUT2D eigenvalue weighted by atomic mass is 19.3. The molecule has 4 aliphatic carbocycles. The zero-order chi connectivity index (χ0) is 28.4. The minimum Gasteiger partial charge on any atom is -0.356 e. The van der Waals surface area contributed by atoms with Crippen molar-refractivity contribution in [3.8, 4) is 0 Å². The molecule has 0 heterocycles. The van der Waals surface area contributed by atoms with E-state index in [0.717, 1.165) is 13.8 Å². The highest BCUT2D eigenvalue weighted by Gasteiger charge is 3.23. The average Bonchev–Trinajstić information content (AvgIpc) is 2.74. The molecule has 0 aromatic rings. The second-order valence-corrected chi connectivity index (χ2v) is 9.08. The topological polar surface area (TPSA) is 70.5 Å². The number of hydrogen-bond acceptors (Lipinski definition) is 4. The lowest BCUT2D eigenvalue weighted by atomic mass is 9.39. The molecule has 18 heteroatoms. The third-order valence-corrected chi connectivity index (χ3v) is 7.33. The summed E-state index contributed by atoms with van der Waals surface area (Å²) < 4.78 is 221. The van der Waals surface area contributed by atoms with Crippen LogP contribution in [0.3, 0.4) is 0 Å². The lowest BCUT2D eigenvalue weighted by Gasteiger charge is -2.76. The van der Waals surface area contributed by atoms with Gasteiger partial charge in [0.25, 0.3) is 11.2 Å². The Morgan fingerprint density at radius 2 is 0.722 bits per heavy atom. The summed E-state index contributed by atoms with van der Waals surface area (Å²) in [6.07, 6.45) is -0.925. The predicted molar refractivity (Wildman–Crippen MR) is 91.3 cm³/mol. The molecular weight excluding hydrogens is 542 g/mol. The maximum Gasteiger partial charge on any atom is 0.339 e. The summed E-state index contributed by atoms with van der Waals surface area (Å²) in [5, 5.41) is 0. The largest absolute Gasteiger partial charge is 0.356 e. The molecule has 36 heavy (non-hydrogen) atoms. The SMILES string of the molecule is CCC(N)COC12C(F)(F)C3(F)C(F)(F)C(F)(C1(F)F)C(F)(F)C(OCC(N)CC)(C3(F)F)C2(F)F.